The number of nitrogens with zero attached hydrogens (tertiary/aromatic N) is 3. The molecule has 2 fully saturated rings. The highest BCUT2D eigenvalue weighted by Crippen LogP contribution is 2.57. The van der Waals surface area contributed by atoms with Crippen molar-refractivity contribution in [3.63, 3.8) is 0 Å². The van der Waals surface area contributed by atoms with E-state index in [1.54, 1.807) is 62.4 Å². The number of carbonyl (C=O) groups is 5. The van der Waals surface area contributed by atoms with Crippen molar-refractivity contribution < 1.29 is 57.5 Å². The molecule has 0 bridgehead atoms. The Morgan fingerprint density at radius 1 is 0.822 bits per heavy atom. The normalized spacial score (nSPS) is 20.2. The Kier molecular flexibility index (Phi) is 14.7. The summed E-state index contributed by atoms with van der Waals surface area (Å²) >= 11 is 0. The minimum atomic E-state index is -1.42. The molecule has 4 amide bonds. The third kappa shape index (κ3) is 10.6. The molecule has 9 rings (SSSR count). The fourth-order valence-corrected chi connectivity index (χ4v) is 10.3. The van der Waals surface area contributed by atoms with Crippen LogP contribution in [0.2, 0.25) is 0 Å². The zero-order chi connectivity index (χ0) is 51.7. The zero-order valence-electron chi connectivity index (χ0n) is 42.3. The predicted molar refractivity (Wildman–Crippen MR) is 271 cm³/mol. The number of aryl methyl sites for hydroxylation is 1. The number of Topliss-reactive ketones (excluding diaryl/α,β-unsaturated/α-hetero) is 1. The summed E-state index contributed by atoms with van der Waals surface area (Å²) in [6.07, 6.45) is 4.79. The van der Waals surface area contributed by atoms with E-state index in [9.17, 15) is 29.1 Å². The van der Waals surface area contributed by atoms with Gasteiger partial charge in [-0.2, -0.15) is 0 Å². The van der Waals surface area contributed by atoms with E-state index in [1.165, 1.54) is 13.2 Å². The standard InChI is InChI=1S/C56H65N5O12/c1-32(2)50(57)51(63)58-33(3)45(62)22-34-8-10-35(11-9-34)30-73-55(67)61-43-27-49(47(70-6)26-42(43)53(65)60-31-56(18-19-56)28-44(60)54(61)66)72-21-7-20-71-48-24-37-12-15-39-23-38(36-13-16-40(68-4)17-14-36)29-59(39)52(64)41(37)25-46(48)69-5/h8-11,13-14,16-17,24-27,29,32-33,39,44,50,54,66H,7,12,15,18-23,28,30-31,57H2,1-6H3,(H,58,63)/t33-,39-,44-,50+,54?/m0/s1. The Labute approximate surface area is 425 Å². The second-order valence-corrected chi connectivity index (χ2v) is 20.2. The van der Waals surface area contributed by atoms with Gasteiger partial charge in [0.1, 0.15) is 12.4 Å². The van der Waals surface area contributed by atoms with Gasteiger partial charge in [-0.15, -0.1) is 0 Å². The van der Waals surface area contributed by atoms with Crippen LogP contribution in [0.5, 0.6) is 28.7 Å². The molecule has 17 heteroatoms. The molecule has 5 aliphatic rings. The lowest BCUT2D eigenvalue weighted by atomic mass is 9.97. The maximum atomic E-state index is 14.3. The van der Waals surface area contributed by atoms with E-state index in [1.807, 2.05) is 55.3 Å². The Balaban J connectivity index is 0.856. The molecule has 0 radical (unpaired) electrons. The number of carbonyl (C=O) groups excluding carboxylic acids is 5. The third-order valence-electron chi connectivity index (χ3n) is 15.0. The minimum Gasteiger partial charge on any atom is -0.497 e. The van der Waals surface area contributed by atoms with E-state index in [0.717, 1.165) is 53.0 Å². The lowest BCUT2D eigenvalue weighted by molar-refractivity contribution is -0.128. The summed E-state index contributed by atoms with van der Waals surface area (Å²) in [7, 11) is 4.65. The van der Waals surface area contributed by atoms with Gasteiger partial charge in [-0.3, -0.25) is 19.2 Å². The monoisotopic (exact) mass is 999 g/mol. The van der Waals surface area contributed by atoms with Crippen molar-refractivity contribution in [3.05, 3.63) is 112 Å². The van der Waals surface area contributed by atoms with Crippen molar-refractivity contribution >= 4 is 40.9 Å². The number of nitrogens with two attached hydrogens (primary N) is 1. The van der Waals surface area contributed by atoms with Crippen molar-refractivity contribution in [1.29, 1.82) is 0 Å². The number of methoxy groups -OCH3 is 3. The lowest BCUT2D eigenvalue weighted by Crippen LogP contribution is -2.50. The first-order chi connectivity index (χ1) is 35.1. The number of hydrogen-bond donors (Lipinski definition) is 3. The van der Waals surface area contributed by atoms with Gasteiger partial charge in [0.05, 0.1) is 63.9 Å². The van der Waals surface area contributed by atoms with Crippen molar-refractivity contribution in [3.8, 4) is 28.7 Å². The summed E-state index contributed by atoms with van der Waals surface area (Å²) in [4.78, 5) is 72.6. The van der Waals surface area contributed by atoms with Crippen LogP contribution in [0, 0.1) is 11.3 Å². The fourth-order valence-electron chi connectivity index (χ4n) is 10.3. The van der Waals surface area contributed by atoms with Crippen LogP contribution in [0.25, 0.3) is 5.57 Å². The number of ether oxygens (including phenoxy) is 6. The van der Waals surface area contributed by atoms with Gasteiger partial charge < -0.3 is 54.4 Å². The number of nitrogens with one attached hydrogen (secondary N) is 1. The van der Waals surface area contributed by atoms with E-state index in [4.69, 9.17) is 34.2 Å². The molecule has 1 saturated carbocycles. The van der Waals surface area contributed by atoms with Crippen LogP contribution in [0.4, 0.5) is 10.5 Å². The summed E-state index contributed by atoms with van der Waals surface area (Å²) in [5.41, 5.74) is 11.1. The second kappa shape index (κ2) is 21.2. The number of aliphatic hydroxyl groups is 1. The number of anilines is 1. The van der Waals surface area contributed by atoms with Gasteiger partial charge in [-0.05, 0) is 115 Å². The van der Waals surface area contributed by atoms with Crippen LogP contribution in [0.15, 0.2) is 79.0 Å². The highest BCUT2D eigenvalue weighted by molar-refractivity contribution is 6.06. The third-order valence-corrected chi connectivity index (χ3v) is 15.0. The second-order valence-electron chi connectivity index (χ2n) is 20.2. The molecule has 4 heterocycles. The lowest BCUT2D eigenvalue weighted by Gasteiger charge is -2.31. The van der Waals surface area contributed by atoms with Crippen molar-refractivity contribution in [1.82, 2.24) is 15.1 Å². The number of rotatable bonds is 18. The molecule has 73 heavy (non-hydrogen) atoms. The van der Waals surface area contributed by atoms with E-state index in [-0.39, 0.29) is 89.9 Å². The van der Waals surface area contributed by atoms with E-state index < -0.39 is 30.4 Å². The molecular weight excluding hydrogens is 935 g/mol. The molecule has 5 atom stereocenters. The van der Waals surface area contributed by atoms with Crippen molar-refractivity contribution in [2.75, 3.05) is 46.0 Å². The van der Waals surface area contributed by atoms with Gasteiger partial charge in [-0.1, -0.05) is 50.2 Å². The number of benzene rings is 4. The van der Waals surface area contributed by atoms with E-state index in [2.05, 4.69) is 5.32 Å². The topological polar surface area (TPSA) is 209 Å². The number of aliphatic hydroxyl groups excluding tert-OH is 1. The van der Waals surface area contributed by atoms with Gasteiger partial charge in [0.2, 0.25) is 5.91 Å². The van der Waals surface area contributed by atoms with E-state index >= 15 is 0 Å². The number of hydrogen-bond acceptors (Lipinski definition) is 13. The summed E-state index contributed by atoms with van der Waals surface area (Å²) < 4.78 is 35.2. The van der Waals surface area contributed by atoms with Crippen LogP contribution in [-0.4, -0.2) is 116 Å². The Morgan fingerprint density at radius 2 is 1.48 bits per heavy atom. The van der Waals surface area contributed by atoms with Crippen LogP contribution in [-0.2, 0) is 33.8 Å². The maximum Gasteiger partial charge on any atom is 0.416 e. The number of ketones is 1. The first-order valence-electron chi connectivity index (χ1n) is 25.1. The highest BCUT2D eigenvalue weighted by Gasteiger charge is 2.58. The Morgan fingerprint density at radius 3 is 2.12 bits per heavy atom. The van der Waals surface area contributed by atoms with Crippen molar-refractivity contribution in [2.45, 2.75) is 109 Å². The van der Waals surface area contributed by atoms with Gasteiger partial charge in [0.25, 0.3) is 11.8 Å². The van der Waals surface area contributed by atoms with Gasteiger partial charge in [-0.25, -0.2) is 9.69 Å². The molecule has 17 nitrogen and oxygen atoms in total. The van der Waals surface area contributed by atoms with Crippen LogP contribution in [0.3, 0.4) is 0 Å². The molecule has 4 aromatic carbocycles. The van der Waals surface area contributed by atoms with E-state index in [0.29, 0.717) is 54.0 Å². The highest BCUT2D eigenvalue weighted by atomic mass is 16.6. The first kappa shape index (κ1) is 50.8. The molecule has 1 spiro atoms. The quantitative estimate of drug-likeness (QED) is 0.0875. The largest absolute Gasteiger partial charge is 0.497 e. The molecule has 0 aromatic heterocycles. The van der Waals surface area contributed by atoms with Gasteiger partial charge >= 0.3 is 6.09 Å². The van der Waals surface area contributed by atoms with Gasteiger partial charge in [0, 0.05) is 43.3 Å². The fraction of sp³-hybridized carbons (Fsp3) is 0.446. The molecule has 386 valence electrons. The summed E-state index contributed by atoms with van der Waals surface area (Å²) in [5, 5.41) is 14.8. The molecule has 1 aliphatic carbocycles. The van der Waals surface area contributed by atoms with Crippen LogP contribution >= 0.6 is 0 Å². The maximum absolute atomic E-state index is 14.3. The molecule has 1 unspecified atom stereocenters. The number of fused-ring (bicyclic) bond motifs is 4. The number of amides is 4. The van der Waals surface area contributed by atoms with Gasteiger partial charge in [0.15, 0.2) is 35.0 Å². The minimum absolute atomic E-state index is 0.0311. The van der Waals surface area contributed by atoms with Crippen LogP contribution < -0.4 is 39.6 Å². The SMILES string of the molecule is COc1ccc(C2=CN3C(=O)c4cc(OC)c(OCCCOc5cc6c(cc5OC)C(=O)N5CC7(CC7)C[C@H]5C(O)N6C(=O)OCc5ccc(CC(=O)[C@H](C)NC(=O)[C@H](N)C(C)C)cc5)cc4CC[C@H]3C2)cc1. The summed E-state index contributed by atoms with van der Waals surface area (Å²) in [6.45, 7) is 5.99. The predicted octanol–water partition coefficient (Wildman–Crippen LogP) is 6.83. The Hall–Kier alpha value is -7.11. The summed E-state index contributed by atoms with van der Waals surface area (Å²) in [6, 6.07) is 19.5. The first-order valence-corrected chi connectivity index (χ1v) is 25.1. The average molecular weight is 1000 g/mol. The van der Waals surface area contributed by atoms with Crippen molar-refractivity contribution in [2.24, 2.45) is 17.1 Å². The molecule has 1 saturated heterocycles. The Bertz CT molecular complexity index is 2790. The molecular formula is C56H65N5O12. The zero-order valence-corrected chi connectivity index (χ0v) is 42.3. The summed E-state index contributed by atoms with van der Waals surface area (Å²) in [5.74, 6) is 1.18. The smallest absolute Gasteiger partial charge is 0.416 e. The molecule has 4 N–H and O–H groups in total. The van der Waals surface area contributed by atoms with Crippen LogP contribution in [0.1, 0.15) is 102 Å². The molecule has 4 aromatic rings. The molecule has 4 aliphatic heterocycles. The average Bonchev–Trinajstić information content (AvgIpc) is 3.90.